The summed E-state index contributed by atoms with van der Waals surface area (Å²) in [6.45, 7) is 5.62. The number of hydrogen-bond donors (Lipinski definition) is 2. The first-order valence-electron chi connectivity index (χ1n) is 15.9. The fourth-order valence-corrected chi connectivity index (χ4v) is 5.46. The normalized spacial score (nSPS) is 22.1. The van der Waals surface area contributed by atoms with Crippen LogP contribution in [0.25, 0.3) is 10.4 Å². The molecular formula is C34H42N4O13. The average molecular weight is 715 g/mol. The van der Waals surface area contributed by atoms with Gasteiger partial charge in [-0.1, -0.05) is 54.5 Å². The van der Waals surface area contributed by atoms with Crippen LogP contribution in [-0.2, 0) is 52.4 Å². The monoisotopic (exact) mass is 714 g/mol. The molecule has 0 saturated carbocycles. The third-order valence-corrected chi connectivity index (χ3v) is 7.76. The van der Waals surface area contributed by atoms with Gasteiger partial charge in [-0.2, -0.15) is 0 Å². The Balaban J connectivity index is 2.21. The van der Waals surface area contributed by atoms with Crippen LogP contribution in [0.5, 0.6) is 5.75 Å². The molecule has 2 aromatic carbocycles. The number of nitrogens with zero attached hydrogens (tertiary/aromatic N) is 3. The lowest BCUT2D eigenvalue weighted by Crippen LogP contribution is -2.68. The van der Waals surface area contributed by atoms with Crippen molar-refractivity contribution in [3.63, 3.8) is 0 Å². The molecule has 3 rings (SSSR count). The summed E-state index contributed by atoms with van der Waals surface area (Å²) in [6.07, 6.45) is -6.81. The number of methoxy groups -OCH3 is 1. The van der Waals surface area contributed by atoms with Crippen molar-refractivity contribution >= 4 is 29.8 Å². The fourth-order valence-electron chi connectivity index (χ4n) is 5.46. The maximum absolute atomic E-state index is 13.4. The Morgan fingerprint density at radius 3 is 2.20 bits per heavy atom. The quantitative estimate of drug-likeness (QED) is 0.0596. The molecule has 1 amide bonds. The highest BCUT2D eigenvalue weighted by atomic mass is 16.7. The molecule has 6 unspecified atom stereocenters. The maximum atomic E-state index is 13.4. The number of carboxylic acids is 1. The Bertz CT molecular complexity index is 1570. The van der Waals surface area contributed by atoms with Crippen LogP contribution >= 0.6 is 0 Å². The van der Waals surface area contributed by atoms with E-state index in [-0.39, 0.29) is 6.61 Å². The van der Waals surface area contributed by atoms with Crippen molar-refractivity contribution in [2.45, 2.75) is 83.6 Å². The molecule has 276 valence electrons. The van der Waals surface area contributed by atoms with Gasteiger partial charge in [-0.15, -0.1) is 0 Å². The molecule has 17 heteroatoms. The molecule has 2 N–H and O–H groups in total. The molecule has 1 fully saturated rings. The van der Waals surface area contributed by atoms with Crippen LogP contribution in [0.2, 0.25) is 0 Å². The van der Waals surface area contributed by atoms with E-state index in [1.54, 1.807) is 68.4 Å². The lowest BCUT2D eigenvalue weighted by atomic mass is 9.85. The topological polar surface area (TPSA) is 231 Å². The number of hydrogen-bond acceptors (Lipinski definition) is 13. The smallest absolute Gasteiger partial charge is 0.364 e. The fraction of sp³-hybridized carbons (Fsp3) is 0.500. The number of aliphatic carboxylic acids is 1. The molecule has 51 heavy (non-hydrogen) atoms. The minimum absolute atomic E-state index is 0.311. The van der Waals surface area contributed by atoms with Gasteiger partial charge in [0.05, 0.1) is 19.1 Å². The first kappa shape index (κ1) is 40.2. The van der Waals surface area contributed by atoms with Crippen LogP contribution < -0.4 is 10.1 Å². The predicted octanol–water partition coefficient (Wildman–Crippen LogP) is 3.59. The molecule has 17 nitrogen and oxygen atoms in total. The van der Waals surface area contributed by atoms with Crippen LogP contribution in [0.1, 0.15) is 58.3 Å². The van der Waals surface area contributed by atoms with Crippen molar-refractivity contribution in [3.05, 3.63) is 76.2 Å². The van der Waals surface area contributed by atoms with Gasteiger partial charge in [-0.3, -0.25) is 19.2 Å². The molecule has 0 spiro atoms. The van der Waals surface area contributed by atoms with Crippen molar-refractivity contribution in [2.24, 2.45) is 11.0 Å². The van der Waals surface area contributed by atoms with Crippen molar-refractivity contribution in [1.29, 1.82) is 0 Å². The number of esters is 3. The van der Waals surface area contributed by atoms with Gasteiger partial charge in [0.2, 0.25) is 5.91 Å². The van der Waals surface area contributed by atoms with E-state index in [4.69, 9.17) is 38.7 Å². The minimum Gasteiger partial charge on any atom is -0.477 e. The summed E-state index contributed by atoms with van der Waals surface area (Å²) in [5.41, 5.74) is 9.76. The Morgan fingerprint density at radius 2 is 1.65 bits per heavy atom. The third-order valence-electron chi connectivity index (χ3n) is 7.76. The maximum Gasteiger partial charge on any atom is 0.364 e. The van der Waals surface area contributed by atoms with Gasteiger partial charge >= 0.3 is 23.9 Å². The molecule has 0 aromatic heterocycles. The number of rotatable bonds is 17. The second-order valence-electron chi connectivity index (χ2n) is 11.7. The number of carboxylic acid groups (broad SMARTS) is 1. The third kappa shape index (κ3) is 11.4. The lowest BCUT2D eigenvalue weighted by Gasteiger charge is -2.49. The summed E-state index contributed by atoms with van der Waals surface area (Å²) in [5, 5.41) is 16.7. The highest BCUT2D eigenvalue weighted by molar-refractivity contribution is 5.79. The van der Waals surface area contributed by atoms with E-state index in [1.165, 1.54) is 14.0 Å². The standard InChI is InChI=1S/C34H42N4O13/c1-19(18-46-20(2)39)30(48-22(4)41)32-29(37-28(42)17-36-38-35)27(47-21(3)40)16-34(51-32,33(43)44)50-31(24-10-8-7-9-11-24)25-12-14-26(15-13-25)49-23(5)45-6/h7-15,19,23,27,29-32H,16-18H2,1-6H3,(H,37,42)(H,43,44)/t19-,23?,27?,29?,30-,31?,32?,34?/m1/s1. The zero-order valence-electron chi connectivity index (χ0n) is 29.0. The van der Waals surface area contributed by atoms with Crippen LogP contribution in [0.4, 0.5) is 0 Å². The number of nitrogens with one attached hydrogen (secondary N) is 1. The summed E-state index contributed by atoms with van der Waals surface area (Å²) in [5.74, 6) is -7.80. The van der Waals surface area contributed by atoms with Crippen LogP contribution in [0, 0.1) is 5.92 Å². The van der Waals surface area contributed by atoms with Gasteiger partial charge in [0.25, 0.3) is 5.79 Å². The molecule has 0 radical (unpaired) electrons. The van der Waals surface area contributed by atoms with Gasteiger partial charge in [0.15, 0.2) is 6.29 Å². The molecule has 2 aromatic rings. The molecule has 1 aliphatic heterocycles. The Labute approximate surface area is 294 Å². The van der Waals surface area contributed by atoms with Gasteiger partial charge in [-0.25, -0.2) is 4.79 Å². The number of azide groups is 1. The van der Waals surface area contributed by atoms with E-state index in [9.17, 15) is 29.1 Å². The first-order valence-corrected chi connectivity index (χ1v) is 15.9. The molecular weight excluding hydrogens is 672 g/mol. The van der Waals surface area contributed by atoms with Crippen LogP contribution in [0.3, 0.4) is 0 Å². The van der Waals surface area contributed by atoms with E-state index >= 15 is 0 Å². The summed E-state index contributed by atoms with van der Waals surface area (Å²) in [7, 11) is 1.49. The zero-order chi connectivity index (χ0) is 37.7. The number of amides is 1. The van der Waals surface area contributed by atoms with Crippen LogP contribution in [-0.4, -0.2) is 91.6 Å². The van der Waals surface area contributed by atoms with Crippen molar-refractivity contribution in [1.82, 2.24) is 5.32 Å². The second-order valence-corrected chi connectivity index (χ2v) is 11.7. The highest BCUT2D eigenvalue weighted by Crippen LogP contribution is 2.41. The van der Waals surface area contributed by atoms with Crippen molar-refractivity contribution in [2.75, 3.05) is 20.3 Å². The van der Waals surface area contributed by atoms with Crippen molar-refractivity contribution in [3.8, 4) is 5.75 Å². The SMILES string of the molecule is COC(C)Oc1ccc(C(OC2(C(=O)O)CC(OC(C)=O)C(NC(=O)CN=[N+]=[N-])C([C@H](OC(C)=O)[C@H](C)COC(C)=O)O2)c2ccccc2)cc1. The first-order chi connectivity index (χ1) is 24.2. The number of ether oxygens (including phenoxy) is 7. The van der Waals surface area contributed by atoms with Gasteiger partial charge in [-0.05, 0) is 35.7 Å². The van der Waals surface area contributed by atoms with E-state index in [0.29, 0.717) is 16.9 Å². The number of carbonyl (C=O) groups excluding carboxylic acids is 4. The van der Waals surface area contributed by atoms with E-state index in [1.807, 2.05) is 0 Å². The lowest BCUT2D eigenvalue weighted by molar-refractivity contribution is -0.320. The average Bonchev–Trinajstić information content (AvgIpc) is 3.08. The highest BCUT2D eigenvalue weighted by Gasteiger charge is 2.59. The molecule has 1 aliphatic rings. The van der Waals surface area contributed by atoms with Crippen LogP contribution in [0.15, 0.2) is 59.7 Å². The molecule has 1 heterocycles. The Kier molecular flexibility index (Phi) is 14.7. The Morgan fingerprint density at radius 1 is 1.00 bits per heavy atom. The van der Waals surface area contributed by atoms with E-state index < -0.39 is 91.2 Å². The summed E-state index contributed by atoms with van der Waals surface area (Å²) < 4.78 is 40.0. The second kappa shape index (κ2) is 18.7. The molecule has 0 aliphatic carbocycles. The summed E-state index contributed by atoms with van der Waals surface area (Å²) in [4.78, 5) is 65.5. The molecule has 0 bridgehead atoms. The van der Waals surface area contributed by atoms with Crippen molar-refractivity contribution < 1.29 is 62.2 Å². The molecule has 8 atom stereocenters. The predicted molar refractivity (Wildman–Crippen MR) is 176 cm³/mol. The van der Waals surface area contributed by atoms with Gasteiger partial charge < -0.3 is 43.6 Å². The zero-order valence-corrected chi connectivity index (χ0v) is 29.0. The Hall–Kier alpha value is -5.22. The van der Waals surface area contributed by atoms with Gasteiger partial charge in [0.1, 0.15) is 36.7 Å². The van der Waals surface area contributed by atoms with Gasteiger partial charge in [0, 0.05) is 38.7 Å². The minimum atomic E-state index is -2.61. The van der Waals surface area contributed by atoms with E-state index in [0.717, 1.165) is 13.8 Å². The number of carbonyl (C=O) groups is 5. The van der Waals surface area contributed by atoms with E-state index in [2.05, 4.69) is 15.3 Å². The number of benzene rings is 2. The summed E-state index contributed by atoms with van der Waals surface area (Å²) in [6, 6.07) is 13.9. The molecule has 1 saturated heterocycles. The summed E-state index contributed by atoms with van der Waals surface area (Å²) >= 11 is 0. The largest absolute Gasteiger partial charge is 0.477 e.